The van der Waals surface area contributed by atoms with E-state index >= 15 is 13.2 Å². The number of rotatable bonds is 14. The molecule has 15 nitrogen and oxygen atoms in total. The Morgan fingerprint density at radius 2 is 1.41 bits per heavy atom. The van der Waals surface area contributed by atoms with Crippen LogP contribution in [-0.2, 0) is 38.1 Å². The van der Waals surface area contributed by atoms with Crippen LogP contribution in [0.25, 0.3) is 11.0 Å². The van der Waals surface area contributed by atoms with Crippen molar-refractivity contribution in [2.24, 2.45) is 17.8 Å². The van der Waals surface area contributed by atoms with E-state index in [0.717, 1.165) is 98.0 Å². The number of H-pyrrole nitrogens is 2. The highest BCUT2D eigenvalue weighted by molar-refractivity contribution is 5.86. The standard InChI is InChI=1S/C53H71F3N10O5/c1-30(2)46(57-32(5)70-6)50(67)64-25-11-13-44(64)48-58-37-18-15-33(27-39(37)60-48)41-21-22-42(66(41)35-17-20-43(36(29-35)53(54,55)56)63-23-9-8-10-24-63)34-16-19-38-40(28-34)61-49(59-38)45-14-12-26-65(45)51(68)47(31(3)4)62-52(69)71-7/h15,17-18,20,27,29-31,34,41-42,44-47,57H,5,8-14,16,19,21-26,28H2,1-4,6-7H3,(H,58,60)(H,59,61)(H,62,69)/t34?,41-,42-,44+,45+,46+,47+/m1/s1. The summed E-state index contributed by atoms with van der Waals surface area (Å²) in [6.45, 7) is 14.0. The number of nitrogens with zero attached hydrogens (tertiary/aromatic N) is 6. The number of ether oxygens (including phenoxy) is 2. The summed E-state index contributed by atoms with van der Waals surface area (Å²) in [5, 5.41) is 5.88. The van der Waals surface area contributed by atoms with Gasteiger partial charge < -0.3 is 49.7 Å². The number of carbonyl (C=O) groups is 3. The van der Waals surface area contributed by atoms with Crippen molar-refractivity contribution in [2.45, 2.75) is 147 Å². The van der Waals surface area contributed by atoms with Gasteiger partial charge in [-0.15, -0.1) is 0 Å². The van der Waals surface area contributed by atoms with Gasteiger partial charge in [0, 0.05) is 49.3 Å². The molecule has 1 aliphatic carbocycles. The predicted octanol–water partition coefficient (Wildman–Crippen LogP) is 9.25. The fourth-order valence-electron chi connectivity index (χ4n) is 12.2. The summed E-state index contributed by atoms with van der Waals surface area (Å²) in [6, 6.07) is 9.04. The fraction of sp³-hybridized carbons (Fsp3) is 0.604. The molecule has 71 heavy (non-hydrogen) atoms. The largest absolute Gasteiger partial charge is 0.483 e. The van der Waals surface area contributed by atoms with Crippen molar-refractivity contribution in [3.8, 4) is 0 Å². The third-order valence-corrected chi connectivity index (χ3v) is 15.9. The van der Waals surface area contributed by atoms with E-state index in [-0.39, 0.29) is 59.4 Å². The maximum Gasteiger partial charge on any atom is 0.418 e. The zero-order chi connectivity index (χ0) is 50.3. The van der Waals surface area contributed by atoms with Gasteiger partial charge in [0.05, 0.1) is 54.6 Å². The molecule has 4 aliphatic heterocycles. The third kappa shape index (κ3) is 10.1. The summed E-state index contributed by atoms with van der Waals surface area (Å²) in [4.78, 5) is 65.5. The van der Waals surface area contributed by atoms with E-state index in [9.17, 15) is 14.4 Å². The van der Waals surface area contributed by atoms with Crippen LogP contribution in [0.15, 0.2) is 48.9 Å². The van der Waals surface area contributed by atoms with Gasteiger partial charge in [-0.05, 0) is 137 Å². The van der Waals surface area contributed by atoms with E-state index in [1.165, 1.54) is 20.3 Å². The van der Waals surface area contributed by atoms with Crippen molar-refractivity contribution in [1.82, 2.24) is 40.4 Å². The van der Waals surface area contributed by atoms with E-state index in [2.05, 4.69) is 44.2 Å². The smallest absolute Gasteiger partial charge is 0.418 e. The Morgan fingerprint density at radius 1 is 0.746 bits per heavy atom. The second-order valence-electron chi connectivity index (χ2n) is 21.0. The molecule has 2 aromatic carbocycles. The van der Waals surface area contributed by atoms with Crippen molar-refractivity contribution in [3.05, 3.63) is 83.0 Å². The molecule has 4 aromatic rings. The lowest BCUT2D eigenvalue weighted by atomic mass is 9.83. The molecule has 4 N–H and O–H groups in total. The summed E-state index contributed by atoms with van der Waals surface area (Å²) < 4.78 is 55.9. The molecule has 4 saturated heterocycles. The van der Waals surface area contributed by atoms with Crippen LogP contribution in [0, 0.1) is 17.8 Å². The molecule has 1 unspecified atom stereocenters. The van der Waals surface area contributed by atoms with Crippen LogP contribution in [0.3, 0.4) is 0 Å². The highest BCUT2D eigenvalue weighted by atomic mass is 19.4. The molecule has 0 spiro atoms. The van der Waals surface area contributed by atoms with Gasteiger partial charge >= 0.3 is 12.3 Å². The molecular formula is C53H71F3N10O5. The minimum atomic E-state index is -4.55. The SMILES string of the molecule is C=C(N[C@H](C(=O)N1CCC[C@H]1c1nc2ccc([C@H]3CC[C@H](C4CCc5nc([C@@H]6CCCN6C(=O)[C@@H](NC(=O)OC)C(C)C)[nH]c5C4)N3c3ccc(N4CCCCC4)c(C(F)(F)F)c3)cc2[nH]1)C(C)C)OC. The van der Waals surface area contributed by atoms with Crippen LogP contribution in [-0.4, -0.2) is 106 Å². The molecule has 0 bridgehead atoms. The minimum Gasteiger partial charge on any atom is -0.483 e. The highest BCUT2D eigenvalue weighted by Crippen LogP contribution is 2.49. The first-order valence-corrected chi connectivity index (χ1v) is 25.8. The molecule has 0 radical (unpaired) electrons. The summed E-state index contributed by atoms with van der Waals surface area (Å²) in [7, 11) is 2.80. The van der Waals surface area contributed by atoms with E-state index < -0.39 is 29.9 Å². The van der Waals surface area contributed by atoms with E-state index in [1.54, 1.807) is 6.07 Å². The summed E-state index contributed by atoms with van der Waals surface area (Å²) in [6.07, 6.45) is 4.35. The van der Waals surface area contributed by atoms with Crippen LogP contribution >= 0.6 is 0 Å². The van der Waals surface area contributed by atoms with Crippen molar-refractivity contribution in [3.63, 3.8) is 0 Å². The van der Waals surface area contributed by atoms with Gasteiger partial charge in [-0.1, -0.05) is 33.8 Å². The molecule has 4 fully saturated rings. The van der Waals surface area contributed by atoms with Crippen molar-refractivity contribution in [2.75, 3.05) is 50.2 Å². The Bertz CT molecular complexity index is 2590. The Labute approximate surface area is 414 Å². The molecule has 18 heteroatoms. The molecule has 384 valence electrons. The minimum absolute atomic E-state index is 0.0186. The Morgan fingerprint density at radius 3 is 2.04 bits per heavy atom. The average Bonchev–Trinajstić information content (AvgIpc) is 4.22. The number of amides is 3. The molecule has 0 saturated carbocycles. The zero-order valence-electron chi connectivity index (χ0n) is 42.0. The van der Waals surface area contributed by atoms with Gasteiger partial charge in [0.2, 0.25) is 11.8 Å². The van der Waals surface area contributed by atoms with Crippen LogP contribution in [0.2, 0.25) is 0 Å². The van der Waals surface area contributed by atoms with Gasteiger partial charge in [-0.25, -0.2) is 14.8 Å². The molecular weight excluding hydrogens is 914 g/mol. The van der Waals surface area contributed by atoms with Gasteiger partial charge in [0.25, 0.3) is 0 Å². The number of imidazole rings is 2. The fourth-order valence-corrected chi connectivity index (χ4v) is 12.2. The lowest BCUT2D eigenvalue weighted by Gasteiger charge is -2.39. The number of aryl methyl sites for hydroxylation is 1. The number of nitrogens with one attached hydrogen (secondary N) is 4. The number of alkyl carbamates (subject to hydrolysis) is 1. The van der Waals surface area contributed by atoms with Crippen molar-refractivity contribution >= 4 is 40.3 Å². The van der Waals surface area contributed by atoms with Crippen molar-refractivity contribution in [1.29, 1.82) is 0 Å². The maximum absolute atomic E-state index is 15.3. The number of methoxy groups -OCH3 is 2. The number of carbonyl (C=O) groups excluding carboxylic acids is 3. The monoisotopic (exact) mass is 985 g/mol. The van der Waals surface area contributed by atoms with Crippen molar-refractivity contribution < 1.29 is 37.0 Å². The Hall–Kier alpha value is -5.94. The molecule has 6 heterocycles. The molecule has 5 aliphatic rings. The van der Waals surface area contributed by atoms with Gasteiger partial charge in [-0.3, -0.25) is 9.59 Å². The van der Waals surface area contributed by atoms with Crippen LogP contribution in [0.1, 0.15) is 144 Å². The Kier molecular flexibility index (Phi) is 14.5. The predicted molar refractivity (Wildman–Crippen MR) is 265 cm³/mol. The number of alkyl halides is 3. The van der Waals surface area contributed by atoms with E-state index in [1.807, 2.05) is 54.5 Å². The number of hydrogen-bond acceptors (Lipinski definition) is 10. The summed E-state index contributed by atoms with van der Waals surface area (Å²) >= 11 is 0. The van der Waals surface area contributed by atoms with Gasteiger partial charge in [0.1, 0.15) is 23.7 Å². The number of hydrogen-bond donors (Lipinski definition) is 4. The number of halogens is 3. The first-order chi connectivity index (χ1) is 34.0. The number of fused-ring (bicyclic) bond motifs is 2. The summed E-state index contributed by atoms with van der Waals surface area (Å²) in [5.74, 6) is 1.49. The van der Waals surface area contributed by atoms with E-state index in [0.29, 0.717) is 56.4 Å². The van der Waals surface area contributed by atoms with Crippen LogP contribution in [0.5, 0.6) is 0 Å². The second-order valence-corrected chi connectivity index (χ2v) is 21.0. The normalized spacial score (nSPS) is 23.6. The van der Waals surface area contributed by atoms with Crippen LogP contribution < -0.4 is 20.4 Å². The first-order valence-electron chi connectivity index (χ1n) is 25.8. The number of benzene rings is 2. The number of likely N-dealkylation sites (tertiary alicyclic amines) is 2. The number of piperidine rings is 1. The molecule has 7 atom stereocenters. The topological polar surface area (TPSA) is 164 Å². The first kappa shape index (κ1) is 50.0. The van der Waals surface area contributed by atoms with Crippen LogP contribution in [0.4, 0.5) is 29.3 Å². The number of aromatic nitrogens is 4. The van der Waals surface area contributed by atoms with E-state index in [4.69, 9.17) is 19.4 Å². The van der Waals surface area contributed by atoms with Gasteiger partial charge in [0.15, 0.2) is 5.88 Å². The second kappa shape index (κ2) is 20.7. The lowest BCUT2D eigenvalue weighted by molar-refractivity contribution is -0.137. The number of anilines is 2. The quantitative estimate of drug-likeness (QED) is 0.0896. The number of aromatic amines is 2. The highest BCUT2D eigenvalue weighted by Gasteiger charge is 2.45. The lowest BCUT2D eigenvalue weighted by Crippen LogP contribution is -2.51. The third-order valence-electron chi connectivity index (χ3n) is 15.9. The Balaban J connectivity index is 1.02. The molecule has 2 aromatic heterocycles. The summed E-state index contributed by atoms with van der Waals surface area (Å²) in [5.41, 5.74) is 4.73. The van der Waals surface area contributed by atoms with Gasteiger partial charge in [-0.2, -0.15) is 13.2 Å². The molecule has 9 rings (SSSR count). The zero-order valence-corrected chi connectivity index (χ0v) is 42.0. The molecule has 3 amide bonds. The maximum atomic E-state index is 15.3. The average molecular weight is 985 g/mol.